The molecule has 0 aromatic heterocycles. The number of hydrogen-bond acceptors (Lipinski definition) is 3. The molecule has 17 heavy (non-hydrogen) atoms. The Morgan fingerprint density at radius 1 is 1.59 bits per heavy atom. The molecule has 0 heterocycles. The largest absolute Gasteiger partial charge is 0.492 e. The molecule has 0 saturated heterocycles. The van der Waals surface area contributed by atoms with Crippen LogP contribution in [0.5, 0.6) is 5.75 Å². The van der Waals surface area contributed by atoms with Crippen molar-refractivity contribution < 1.29 is 13.9 Å². The van der Waals surface area contributed by atoms with Crippen LogP contribution in [0.2, 0.25) is 0 Å². The Morgan fingerprint density at radius 3 is 2.88 bits per heavy atom. The predicted molar refractivity (Wildman–Crippen MR) is 65.8 cm³/mol. The maximum Gasteiger partial charge on any atom is 0.236 e. The zero-order valence-corrected chi connectivity index (χ0v) is 10.3. The highest BCUT2D eigenvalue weighted by Gasteiger charge is 2.05. The molecule has 6 heteroatoms. The maximum absolute atomic E-state index is 12.7. The summed E-state index contributed by atoms with van der Waals surface area (Å²) in [6.45, 7) is 2.22. The maximum atomic E-state index is 12.7. The van der Waals surface area contributed by atoms with Crippen LogP contribution in [0.25, 0.3) is 0 Å². The lowest BCUT2D eigenvalue weighted by Gasteiger charge is -2.09. The van der Waals surface area contributed by atoms with E-state index >= 15 is 0 Å². The molecule has 0 radical (unpaired) electrons. The van der Waals surface area contributed by atoms with Crippen molar-refractivity contribution in [3.8, 4) is 5.75 Å². The molecule has 0 saturated carbocycles. The van der Waals surface area contributed by atoms with Gasteiger partial charge in [0.2, 0.25) is 5.91 Å². The van der Waals surface area contributed by atoms with E-state index in [1.165, 1.54) is 12.1 Å². The fraction of sp³-hybridized carbons (Fsp3) is 0.364. The van der Waals surface area contributed by atoms with Gasteiger partial charge in [-0.3, -0.25) is 4.79 Å². The van der Waals surface area contributed by atoms with Crippen LogP contribution in [0.15, 0.2) is 24.3 Å². The van der Waals surface area contributed by atoms with Crippen LogP contribution in [-0.2, 0) is 4.79 Å². The summed E-state index contributed by atoms with van der Waals surface area (Å²) in [7, 11) is 0. The van der Waals surface area contributed by atoms with E-state index in [4.69, 9.17) is 10.5 Å². The van der Waals surface area contributed by atoms with Crippen LogP contribution in [0.1, 0.15) is 6.92 Å². The van der Waals surface area contributed by atoms with Crippen molar-refractivity contribution in [1.82, 2.24) is 5.32 Å². The van der Waals surface area contributed by atoms with Gasteiger partial charge in [-0.1, -0.05) is 6.07 Å². The van der Waals surface area contributed by atoms with Gasteiger partial charge in [0.1, 0.15) is 18.2 Å². The van der Waals surface area contributed by atoms with Crippen molar-refractivity contribution in [2.24, 2.45) is 5.73 Å². The first-order chi connectivity index (χ1) is 7.59. The highest BCUT2D eigenvalue weighted by atomic mass is 35.5. The molecule has 0 spiro atoms. The Morgan fingerprint density at radius 2 is 2.29 bits per heavy atom. The quantitative estimate of drug-likeness (QED) is 0.781. The third-order valence-corrected chi connectivity index (χ3v) is 1.88. The monoisotopic (exact) mass is 262 g/mol. The Bertz CT molecular complexity index is 361. The number of nitrogens with two attached hydrogens (primary N) is 1. The lowest BCUT2D eigenvalue weighted by molar-refractivity contribution is -0.122. The standard InChI is InChI=1S/C11H15FN2O2.ClH/c1-8(13)11(15)14-5-6-16-10-4-2-3-9(12)7-10;/h2-4,7-8H,5-6,13H2,1H3,(H,14,15);1H. The molecule has 4 nitrogen and oxygen atoms in total. The van der Waals surface area contributed by atoms with E-state index in [-0.39, 0.29) is 30.7 Å². The molecule has 0 bridgehead atoms. The normalized spacial score (nSPS) is 11.2. The van der Waals surface area contributed by atoms with Crippen molar-refractivity contribution in [3.05, 3.63) is 30.1 Å². The molecule has 0 fully saturated rings. The first-order valence-electron chi connectivity index (χ1n) is 5.01. The Labute approximate surface area is 106 Å². The fourth-order valence-corrected chi connectivity index (χ4v) is 1.06. The van der Waals surface area contributed by atoms with E-state index in [2.05, 4.69) is 5.32 Å². The predicted octanol–water partition coefficient (Wildman–Crippen LogP) is 1.09. The zero-order chi connectivity index (χ0) is 12.0. The summed E-state index contributed by atoms with van der Waals surface area (Å²) in [6, 6.07) is 5.30. The van der Waals surface area contributed by atoms with E-state index in [0.717, 1.165) is 0 Å². The summed E-state index contributed by atoms with van der Waals surface area (Å²) >= 11 is 0. The Hall–Kier alpha value is -1.33. The third kappa shape index (κ3) is 6.09. The summed E-state index contributed by atoms with van der Waals surface area (Å²) in [5.74, 6) is -0.144. The van der Waals surface area contributed by atoms with Crippen LogP contribution in [-0.4, -0.2) is 25.1 Å². The topological polar surface area (TPSA) is 64.4 Å². The highest BCUT2D eigenvalue weighted by molar-refractivity contribution is 5.85. The van der Waals surface area contributed by atoms with Gasteiger partial charge >= 0.3 is 0 Å². The molecule has 3 N–H and O–H groups in total. The Balaban J connectivity index is 0.00000256. The molecule has 0 aliphatic heterocycles. The van der Waals surface area contributed by atoms with Gasteiger partial charge in [-0.25, -0.2) is 4.39 Å². The molecule has 0 aliphatic carbocycles. The van der Waals surface area contributed by atoms with Gasteiger partial charge in [-0.2, -0.15) is 0 Å². The van der Waals surface area contributed by atoms with Crippen molar-refractivity contribution in [3.63, 3.8) is 0 Å². The van der Waals surface area contributed by atoms with Gasteiger partial charge in [0.25, 0.3) is 0 Å². The smallest absolute Gasteiger partial charge is 0.236 e. The van der Waals surface area contributed by atoms with E-state index in [0.29, 0.717) is 12.3 Å². The van der Waals surface area contributed by atoms with E-state index in [1.807, 2.05) is 0 Å². The number of benzene rings is 1. The average Bonchev–Trinajstić information content (AvgIpc) is 2.24. The lowest BCUT2D eigenvalue weighted by atomic mass is 10.3. The minimum Gasteiger partial charge on any atom is -0.492 e. The van der Waals surface area contributed by atoms with Crippen LogP contribution < -0.4 is 15.8 Å². The van der Waals surface area contributed by atoms with Gasteiger partial charge in [-0.05, 0) is 19.1 Å². The molecule has 1 amide bonds. The fourth-order valence-electron chi connectivity index (χ4n) is 1.06. The minimum absolute atomic E-state index is 0. The second-order valence-electron chi connectivity index (χ2n) is 3.39. The molecule has 1 unspecified atom stereocenters. The second-order valence-corrected chi connectivity index (χ2v) is 3.39. The van der Waals surface area contributed by atoms with Crippen LogP contribution in [0, 0.1) is 5.82 Å². The molecular formula is C11H16ClFN2O2. The number of rotatable bonds is 5. The van der Waals surface area contributed by atoms with Crippen molar-refractivity contribution in [1.29, 1.82) is 0 Å². The van der Waals surface area contributed by atoms with Crippen LogP contribution in [0.3, 0.4) is 0 Å². The van der Waals surface area contributed by atoms with Gasteiger partial charge in [0, 0.05) is 6.07 Å². The van der Waals surface area contributed by atoms with E-state index in [9.17, 15) is 9.18 Å². The molecule has 0 aliphatic rings. The second kappa shape index (κ2) is 7.86. The zero-order valence-electron chi connectivity index (χ0n) is 9.48. The van der Waals surface area contributed by atoms with Crippen molar-refractivity contribution in [2.75, 3.05) is 13.2 Å². The number of halogens is 2. The van der Waals surface area contributed by atoms with Crippen LogP contribution >= 0.6 is 12.4 Å². The lowest BCUT2D eigenvalue weighted by Crippen LogP contribution is -2.40. The molecule has 96 valence electrons. The molecule has 1 aromatic rings. The minimum atomic E-state index is -0.533. The average molecular weight is 263 g/mol. The number of ether oxygens (including phenoxy) is 1. The molecular weight excluding hydrogens is 247 g/mol. The van der Waals surface area contributed by atoms with Gasteiger partial charge in [-0.15, -0.1) is 12.4 Å². The SMILES string of the molecule is CC(N)C(=O)NCCOc1cccc(F)c1.Cl. The van der Waals surface area contributed by atoms with Gasteiger partial charge in [0.15, 0.2) is 0 Å². The first-order valence-corrected chi connectivity index (χ1v) is 5.01. The summed E-state index contributed by atoms with van der Waals surface area (Å²) < 4.78 is 18.0. The van der Waals surface area contributed by atoms with E-state index < -0.39 is 6.04 Å². The van der Waals surface area contributed by atoms with Gasteiger partial charge < -0.3 is 15.8 Å². The molecule has 1 rings (SSSR count). The van der Waals surface area contributed by atoms with E-state index in [1.54, 1.807) is 19.1 Å². The Kier molecular flexibility index (Phi) is 7.25. The van der Waals surface area contributed by atoms with Gasteiger partial charge in [0.05, 0.1) is 12.6 Å². The molecule has 1 atom stereocenters. The number of hydrogen-bond donors (Lipinski definition) is 2. The first kappa shape index (κ1) is 15.7. The summed E-state index contributed by atoms with van der Waals surface area (Å²) in [5, 5.41) is 2.58. The number of carbonyl (C=O) groups excluding carboxylic acids is 1. The number of nitrogens with one attached hydrogen (secondary N) is 1. The number of carbonyl (C=O) groups is 1. The van der Waals surface area contributed by atoms with Crippen LogP contribution in [0.4, 0.5) is 4.39 Å². The summed E-state index contributed by atoms with van der Waals surface area (Å²) in [6.07, 6.45) is 0. The number of amides is 1. The summed E-state index contributed by atoms with van der Waals surface area (Å²) in [4.78, 5) is 11.1. The molecule has 1 aromatic carbocycles. The third-order valence-electron chi connectivity index (χ3n) is 1.88. The summed E-state index contributed by atoms with van der Waals surface area (Å²) in [5.41, 5.74) is 5.35. The van der Waals surface area contributed by atoms with Crippen molar-refractivity contribution >= 4 is 18.3 Å². The highest BCUT2D eigenvalue weighted by Crippen LogP contribution is 2.11. The van der Waals surface area contributed by atoms with Crippen molar-refractivity contribution in [2.45, 2.75) is 13.0 Å².